The first-order valence-corrected chi connectivity index (χ1v) is 7.42. The first kappa shape index (κ1) is 18.1. The molecular formula is C16H23FN2O3. The molecule has 0 saturated carbocycles. The van der Waals surface area contributed by atoms with Gasteiger partial charge in [-0.3, -0.25) is 9.59 Å². The Hall–Kier alpha value is -1.95. The molecule has 6 heteroatoms. The number of aliphatic hydroxyl groups excluding tert-OH is 1. The quantitative estimate of drug-likeness (QED) is 0.763. The van der Waals surface area contributed by atoms with Crippen LogP contribution in [0.1, 0.15) is 32.3 Å². The molecule has 22 heavy (non-hydrogen) atoms. The first-order valence-electron chi connectivity index (χ1n) is 7.42. The molecule has 2 N–H and O–H groups in total. The van der Waals surface area contributed by atoms with Crippen LogP contribution in [0.3, 0.4) is 0 Å². The Morgan fingerprint density at radius 3 is 2.50 bits per heavy atom. The zero-order valence-corrected chi connectivity index (χ0v) is 13.0. The van der Waals surface area contributed by atoms with Crippen LogP contribution < -0.4 is 5.32 Å². The summed E-state index contributed by atoms with van der Waals surface area (Å²) in [5.41, 5.74) is 0.757. The number of amides is 2. The fourth-order valence-corrected chi connectivity index (χ4v) is 2.05. The van der Waals surface area contributed by atoms with E-state index in [0.29, 0.717) is 12.8 Å². The minimum Gasteiger partial charge on any atom is -0.395 e. The average molecular weight is 310 g/mol. The fraction of sp³-hybridized carbons (Fsp3) is 0.500. The summed E-state index contributed by atoms with van der Waals surface area (Å²) in [4.78, 5) is 25.8. The molecule has 0 spiro atoms. The van der Waals surface area contributed by atoms with Gasteiger partial charge in [0.05, 0.1) is 6.61 Å². The molecule has 1 aromatic carbocycles. The van der Waals surface area contributed by atoms with E-state index in [0.717, 1.165) is 5.56 Å². The van der Waals surface area contributed by atoms with Crippen molar-refractivity contribution in [3.05, 3.63) is 35.6 Å². The zero-order valence-electron chi connectivity index (χ0n) is 13.0. The molecule has 0 fully saturated rings. The van der Waals surface area contributed by atoms with E-state index in [1.807, 2.05) is 6.92 Å². The SMILES string of the molecule is CCCC(=O)N(Cc1ccc(F)cc1)[C@@H](C)C(=O)NCCO. The van der Waals surface area contributed by atoms with Crippen molar-refractivity contribution in [3.63, 3.8) is 0 Å². The van der Waals surface area contributed by atoms with Crippen LogP contribution in [-0.4, -0.2) is 41.0 Å². The lowest BCUT2D eigenvalue weighted by molar-refractivity contribution is -0.140. The largest absolute Gasteiger partial charge is 0.395 e. The van der Waals surface area contributed by atoms with Crippen molar-refractivity contribution in [1.29, 1.82) is 0 Å². The molecule has 1 aromatic rings. The minimum atomic E-state index is -0.657. The van der Waals surface area contributed by atoms with Crippen LogP contribution in [0.2, 0.25) is 0 Å². The highest BCUT2D eigenvalue weighted by atomic mass is 19.1. The van der Waals surface area contributed by atoms with Gasteiger partial charge >= 0.3 is 0 Å². The summed E-state index contributed by atoms with van der Waals surface area (Å²) in [7, 11) is 0. The third kappa shape index (κ3) is 5.44. The van der Waals surface area contributed by atoms with E-state index in [-0.39, 0.29) is 37.3 Å². The lowest BCUT2D eigenvalue weighted by Crippen LogP contribution is -2.48. The van der Waals surface area contributed by atoms with E-state index >= 15 is 0 Å². The summed E-state index contributed by atoms with van der Waals surface area (Å²) in [6, 6.07) is 5.19. The molecule has 122 valence electrons. The maximum Gasteiger partial charge on any atom is 0.242 e. The summed E-state index contributed by atoms with van der Waals surface area (Å²) in [5.74, 6) is -0.789. The van der Waals surface area contributed by atoms with E-state index in [9.17, 15) is 14.0 Å². The Balaban J connectivity index is 2.85. The van der Waals surface area contributed by atoms with Crippen molar-refractivity contribution in [2.75, 3.05) is 13.2 Å². The highest BCUT2D eigenvalue weighted by Crippen LogP contribution is 2.12. The predicted octanol–water partition coefficient (Wildman–Crippen LogP) is 1.45. The number of nitrogens with zero attached hydrogens (tertiary/aromatic N) is 1. The smallest absolute Gasteiger partial charge is 0.242 e. The summed E-state index contributed by atoms with van der Waals surface area (Å²) in [5, 5.41) is 11.3. The van der Waals surface area contributed by atoms with Gasteiger partial charge in [-0.2, -0.15) is 0 Å². The van der Waals surface area contributed by atoms with E-state index < -0.39 is 6.04 Å². The first-order chi connectivity index (χ1) is 10.5. The van der Waals surface area contributed by atoms with E-state index in [2.05, 4.69) is 5.32 Å². The summed E-state index contributed by atoms with van der Waals surface area (Å²) < 4.78 is 13.0. The number of carbonyl (C=O) groups is 2. The molecule has 0 saturated heterocycles. The second-order valence-corrected chi connectivity index (χ2v) is 5.09. The molecule has 0 unspecified atom stereocenters. The van der Waals surface area contributed by atoms with Crippen molar-refractivity contribution in [2.45, 2.75) is 39.3 Å². The molecule has 0 bridgehead atoms. The van der Waals surface area contributed by atoms with Gasteiger partial charge in [0.2, 0.25) is 11.8 Å². The molecule has 0 radical (unpaired) electrons. The molecule has 0 aromatic heterocycles. The second-order valence-electron chi connectivity index (χ2n) is 5.09. The molecule has 1 atom stereocenters. The van der Waals surface area contributed by atoms with Gasteiger partial charge < -0.3 is 15.3 Å². The second kappa shape index (κ2) is 9.15. The van der Waals surface area contributed by atoms with E-state index in [1.165, 1.54) is 17.0 Å². The number of carbonyl (C=O) groups excluding carboxylic acids is 2. The molecule has 0 aliphatic rings. The summed E-state index contributed by atoms with van der Waals surface area (Å²) >= 11 is 0. The van der Waals surface area contributed by atoms with Gasteiger partial charge in [0.15, 0.2) is 0 Å². The number of rotatable bonds is 8. The summed E-state index contributed by atoms with van der Waals surface area (Å²) in [6.07, 6.45) is 1.03. The Labute approximate surface area is 130 Å². The van der Waals surface area contributed by atoms with Crippen molar-refractivity contribution in [2.24, 2.45) is 0 Å². The third-order valence-corrected chi connectivity index (χ3v) is 3.31. The third-order valence-electron chi connectivity index (χ3n) is 3.31. The maximum absolute atomic E-state index is 13.0. The van der Waals surface area contributed by atoms with Crippen molar-refractivity contribution in [3.8, 4) is 0 Å². The van der Waals surface area contributed by atoms with Gasteiger partial charge in [0, 0.05) is 19.5 Å². The lowest BCUT2D eigenvalue weighted by atomic mass is 10.1. The maximum atomic E-state index is 13.0. The average Bonchev–Trinajstić information content (AvgIpc) is 2.51. The summed E-state index contributed by atoms with van der Waals surface area (Å²) in [6.45, 7) is 3.77. The van der Waals surface area contributed by atoms with Crippen molar-refractivity contribution >= 4 is 11.8 Å². The van der Waals surface area contributed by atoms with Gasteiger partial charge in [-0.15, -0.1) is 0 Å². The number of hydrogen-bond acceptors (Lipinski definition) is 3. The van der Waals surface area contributed by atoms with Crippen LogP contribution in [-0.2, 0) is 16.1 Å². The minimum absolute atomic E-state index is 0.126. The number of halogens is 1. The topological polar surface area (TPSA) is 69.6 Å². The van der Waals surface area contributed by atoms with Crippen LogP contribution in [0.25, 0.3) is 0 Å². The molecule has 5 nitrogen and oxygen atoms in total. The van der Waals surface area contributed by atoms with Gasteiger partial charge in [-0.05, 0) is 31.0 Å². The molecular weight excluding hydrogens is 287 g/mol. The highest BCUT2D eigenvalue weighted by Gasteiger charge is 2.25. The van der Waals surface area contributed by atoms with E-state index in [4.69, 9.17) is 5.11 Å². The van der Waals surface area contributed by atoms with Crippen LogP contribution in [0, 0.1) is 5.82 Å². The molecule has 1 rings (SSSR count). The zero-order chi connectivity index (χ0) is 16.5. The normalized spacial score (nSPS) is 11.8. The molecule has 2 amide bonds. The van der Waals surface area contributed by atoms with Crippen molar-refractivity contribution < 1.29 is 19.1 Å². The van der Waals surface area contributed by atoms with Gasteiger partial charge in [0.25, 0.3) is 0 Å². The Bertz CT molecular complexity index is 491. The standard InChI is InChI=1S/C16H23FN2O3/c1-3-4-15(21)19(12(2)16(22)18-9-10-20)11-13-5-7-14(17)8-6-13/h5-8,12,20H,3-4,9-11H2,1-2H3,(H,18,22)/t12-/m0/s1. The molecule has 0 aliphatic carbocycles. The Morgan fingerprint density at radius 1 is 1.32 bits per heavy atom. The monoisotopic (exact) mass is 310 g/mol. The van der Waals surface area contributed by atoms with E-state index in [1.54, 1.807) is 19.1 Å². The Morgan fingerprint density at radius 2 is 1.95 bits per heavy atom. The number of hydrogen-bond donors (Lipinski definition) is 2. The lowest BCUT2D eigenvalue weighted by Gasteiger charge is -2.28. The van der Waals surface area contributed by atoms with Gasteiger partial charge in [0.1, 0.15) is 11.9 Å². The number of aliphatic hydroxyl groups is 1. The number of benzene rings is 1. The highest BCUT2D eigenvalue weighted by molar-refractivity contribution is 5.87. The molecule has 0 aliphatic heterocycles. The van der Waals surface area contributed by atoms with Crippen LogP contribution in [0.4, 0.5) is 4.39 Å². The van der Waals surface area contributed by atoms with Crippen LogP contribution in [0.5, 0.6) is 0 Å². The molecule has 0 heterocycles. The van der Waals surface area contributed by atoms with Crippen LogP contribution in [0.15, 0.2) is 24.3 Å². The predicted molar refractivity (Wildman–Crippen MR) is 81.4 cm³/mol. The van der Waals surface area contributed by atoms with Crippen LogP contribution >= 0.6 is 0 Å². The van der Waals surface area contributed by atoms with Gasteiger partial charge in [-0.25, -0.2) is 4.39 Å². The Kier molecular flexibility index (Phi) is 7.52. The fourth-order valence-electron chi connectivity index (χ4n) is 2.05. The van der Waals surface area contributed by atoms with Crippen molar-refractivity contribution in [1.82, 2.24) is 10.2 Å². The number of nitrogens with one attached hydrogen (secondary N) is 1. The van der Waals surface area contributed by atoms with Gasteiger partial charge in [-0.1, -0.05) is 19.1 Å².